The second-order valence-electron chi connectivity index (χ2n) is 6.42. The largest absolute Gasteiger partial charge is 0.417 e. The topological polar surface area (TPSA) is 108 Å². The predicted molar refractivity (Wildman–Crippen MR) is 95.2 cm³/mol. The van der Waals surface area contributed by atoms with E-state index in [2.05, 4.69) is 15.3 Å². The van der Waals surface area contributed by atoms with E-state index in [1.165, 1.54) is 17.0 Å². The van der Waals surface area contributed by atoms with E-state index in [0.717, 1.165) is 30.7 Å². The summed E-state index contributed by atoms with van der Waals surface area (Å²) in [6.07, 6.45) is -1.60. The summed E-state index contributed by atoms with van der Waals surface area (Å²) in [5.74, 6) is 0.118. The van der Waals surface area contributed by atoms with E-state index in [9.17, 15) is 18.0 Å². The van der Waals surface area contributed by atoms with Crippen molar-refractivity contribution >= 4 is 17.7 Å². The first-order valence-electron chi connectivity index (χ1n) is 8.53. The van der Waals surface area contributed by atoms with Crippen molar-refractivity contribution in [1.29, 1.82) is 5.26 Å². The van der Waals surface area contributed by atoms with Gasteiger partial charge in [0, 0.05) is 30.9 Å². The Morgan fingerprint density at radius 1 is 1.36 bits per heavy atom. The first-order valence-corrected chi connectivity index (χ1v) is 8.53. The number of carbonyl (C=O) groups excluding carboxylic acids is 1. The maximum absolute atomic E-state index is 13.1. The fourth-order valence-electron chi connectivity index (χ4n) is 3.18. The van der Waals surface area contributed by atoms with Crippen LogP contribution in [0.4, 0.5) is 29.6 Å². The SMILES string of the molecule is N#Cc1ccc(NC(=O)N2CCCC(c3ccnc(N)n3)C2)cc1C(F)(F)F. The summed E-state index contributed by atoms with van der Waals surface area (Å²) >= 11 is 0. The number of aromatic nitrogens is 2. The molecule has 1 fully saturated rings. The van der Waals surface area contributed by atoms with E-state index in [-0.39, 0.29) is 17.6 Å². The van der Waals surface area contributed by atoms with Gasteiger partial charge in [0.05, 0.1) is 22.9 Å². The highest BCUT2D eigenvalue weighted by Crippen LogP contribution is 2.34. The summed E-state index contributed by atoms with van der Waals surface area (Å²) in [7, 11) is 0. The zero-order valence-electron chi connectivity index (χ0n) is 14.7. The number of rotatable bonds is 2. The smallest absolute Gasteiger partial charge is 0.368 e. The third-order valence-corrected chi connectivity index (χ3v) is 4.52. The van der Waals surface area contributed by atoms with Crippen molar-refractivity contribution in [3.8, 4) is 6.07 Å². The summed E-state index contributed by atoms with van der Waals surface area (Å²) < 4.78 is 39.2. The van der Waals surface area contributed by atoms with Crippen LogP contribution in [0.3, 0.4) is 0 Å². The molecule has 3 N–H and O–H groups in total. The number of alkyl halides is 3. The van der Waals surface area contributed by atoms with Crippen LogP contribution < -0.4 is 11.1 Å². The van der Waals surface area contributed by atoms with Crippen LogP contribution in [0.25, 0.3) is 0 Å². The number of amides is 2. The molecule has 0 bridgehead atoms. The fourth-order valence-corrected chi connectivity index (χ4v) is 3.18. The molecule has 28 heavy (non-hydrogen) atoms. The second-order valence-corrected chi connectivity index (χ2v) is 6.42. The van der Waals surface area contributed by atoms with Gasteiger partial charge in [-0.1, -0.05) is 0 Å². The molecular weight excluding hydrogens is 373 g/mol. The quantitative estimate of drug-likeness (QED) is 0.817. The van der Waals surface area contributed by atoms with Crippen molar-refractivity contribution in [1.82, 2.24) is 14.9 Å². The lowest BCUT2D eigenvalue weighted by Crippen LogP contribution is -2.41. The summed E-state index contributed by atoms with van der Waals surface area (Å²) in [5.41, 5.74) is 4.73. The van der Waals surface area contributed by atoms with E-state index in [0.29, 0.717) is 13.1 Å². The zero-order chi connectivity index (χ0) is 20.3. The first-order chi connectivity index (χ1) is 13.3. The Hall–Kier alpha value is -3.35. The number of nitriles is 1. The van der Waals surface area contributed by atoms with Crippen LogP contribution in [0, 0.1) is 11.3 Å². The van der Waals surface area contributed by atoms with Gasteiger partial charge in [0.25, 0.3) is 0 Å². The molecule has 1 saturated heterocycles. The van der Waals surface area contributed by atoms with Crippen LogP contribution in [0.15, 0.2) is 30.5 Å². The third kappa shape index (κ3) is 4.31. The van der Waals surface area contributed by atoms with Crippen molar-refractivity contribution in [3.05, 3.63) is 47.3 Å². The van der Waals surface area contributed by atoms with Crippen LogP contribution in [0.5, 0.6) is 0 Å². The van der Waals surface area contributed by atoms with Gasteiger partial charge in [-0.3, -0.25) is 0 Å². The minimum atomic E-state index is -4.69. The zero-order valence-corrected chi connectivity index (χ0v) is 14.7. The molecule has 2 aromatic rings. The Morgan fingerprint density at radius 3 is 2.82 bits per heavy atom. The van der Waals surface area contributed by atoms with Crippen LogP contribution >= 0.6 is 0 Å². The number of hydrogen-bond acceptors (Lipinski definition) is 5. The molecule has 0 radical (unpaired) electrons. The van der Waals surface area contributed by atoms with Gasteiger partial charge >= 0.3 is 12.2 Å². The average Bonchev–Trinajstić information content (AvgIpc) is 2.67. The van der Waals surface area contributed by atoms with Crippen molar-refractivity contribution in [2.45, 2.75) is 24.9 Å². The maximum Gasteiger partial charge on any atom is 0.417 e. The third-order valence-electron chi connectivity index (χ3n) is 4.52. The molecule has 10 heteroatoms. The van der Waals surface area contributed by atoms with Crippen LogP contribution in [0.2, 0.25) is 0 Å². The molecule has 1 aliphatic heterocycles. The van der Waals surface area contributed by atoms with Gasteiger partial charge in [0.15, 0.2) is 0 Å². The molecular formula is C18H17F3N6O. The average molecular weight is 390 g/mol. The van der Waals surface area contributed by atoms with Gasteiger partial charge < -0.3 is 16.0 Å². The minimum Gasteiger partial charge on any atom is -0.368 e. The number of nitrogen functional groups attached to an aromatic ring is 1. The van der Waals surface area contributed by atoms with E-state index in [1.54, 1.807) is 12.3 Å². The summed E-state index contributed by atoms with van der Waals surface area (Å²) in [6, 6.07) is 5.82. The first kappa shape index (κ1) is 19.4. The van der Waals surface area contributed by atoms with Crippen LogP contribution in [-0.4, -0.2) is 34.0 Å². The molecule has 1 aromatic heterocycles. The van der Waals surface area contributed by atoms with Gasteiger partial charge in [-0.15, -0.1) is 0 Å². The number of halogens is 3. The highest BCUT2D eigenvalue weighted by atomic mass is 19.4. The van der Waals surface area contributed by atoms with Crippen molar-refractivity contribution in [3.63, 3.8) is 0 Å². The maximum atomic E-state index is 13.1. The Bertz CT molecular complexity index is 924. The minimum absolute atomic E-state index is 0.0234. The molecule has 1 aliphatic rings. The number of benzene rings is 1. The molecule has 146 valence electrons. The lowest BCUT2D eigenvalue weighted by molar-refractivity contribution is -0.137. The number of nitrogens with one attached hydrogen (secondary N) is 1. The van der Waals surface area contributed by atoms with E-state index < -0.39 is 23.3 Å². The second kappa shape index (κ2) is 7.72. The molecule has 1 unspecified atom stereocenters. The van der Waals surface area contributed by atoms with E-state index >= 15 is 0 Å². The molecule has 2 heterocycles. The molecule has 1 aromatic carbocycles. The number of piperidine rings is 1. The van der Waals surface area contributed by atoms with Gasteiger partial charge in [-0.25, -0.2) is 14.8 Å². The number of anilines is 2. The molecule has 0 saturated carbocycles. The number of hydrogen-bond donors (Lipinski definition) is 2. The van der Waals surface area contributed by atoms with Crippen LogP contribution in [0.1, 0.15) is 35.6 Å². The molecule has 3 rings (SSSR count). The molecule has 0 aliphatic carbocycles. The van der Waals surface area contributed by atoms with E-state index in [4.69, 9.17) is 11.0 Å². The Morgan fingerprint density at radius 2 is 2.14 bits per heavy atom. The van der Waals surface area contributed by atoms with Gasteiger partial charge in [0.2, 0.25) is 5.95 Å². The molecule has 1 atom stereocenters. The lowest BCUT2D eigenvalue weighted by Gasteiger charge is -2.32. The highest BCUT2D eigenvalue weighted by Gasteiger charge is 2.34. The Balaban J connectivity index is 1.73. The molecule has 0 spiro atoms. The highest BCUT2D eigenvalue weighted by molar-refractivity contribution is 5.89. The number of nitrogens with zero attached hydrogens (tertiary/aromatic N) is 4. The standard InChI is InChI=1S/C18H17F3N6O/c19-18(20,21)14-8-13(4-3-11(14)9-22)25-17(28)27-7-1-2-12(10-27)15-5-6-24-16(23)26-15/h3-6,8,12H,1-2,7,10H2,(H,25,28)(H2,23,24,26). The monoisotopic (exact) mass is 390 g/mol. The van der Waals surface area contributed by atoms with E-state index in [1.807, 2.05) is 0 Å². The fraction of sp³-hybridized carbons (Fsp3) is 0.333. The number of likely N-dealkylation sites (tertiary alicyclic amines) is 1. The number of urea groups is 1. The normalized spacial score (nSPS) is 17.1. The summed E-state index contributed by atoms with van der Waals surface area (Å²) in [5, 5.41) is 11.3. The molecule has 7 nitrogen and oxygen atoms in total. The molecule has 2 amide bonds. The van der Waals surface area contributed by atoms with Crippen molar-refractivity contribution < 1.29 is 18.0 Å². The van der Waals surface area contributed by atoms with Crippen molar-refractivity contribution in [2.75, 3.05) is 24.1 Å². The van der Waals surface area contributed by atoms with Crippen molar-refractivity contribution in [2.24, 2.45) is 0 Å². The predicted octanol–water partition coefficient (Wildman–Crippen LogP) is 3.36. The van der Waals surface area contributed by atoms with Crippen LogP contribution in [-0.2, 0) is 6.18 Å². The van der Waals surface area contributed by atoms with Gasteiger partial charge in [0.1, 0.15) is 0 Å². The summed E-state index contributed by atoms with van der Waals surface area (Å²) in [4.78, 5) is 22.1. The number of carbonyl (C=O) groups is 1. The van der Waals surface area contributed by atoms with Gasteiger partial charge in [-0.05, 0) is 37.1 Å². The lowest BCUT2D eigenvalue weighted by atomic mass is 9.95. The van der Waals surface area contributed by atoms with Gasteiger partial charge in [-0.2, -0.15) is 18.4 Å². The Labute approximate surface area is 159 Å². The number of nitrogens with two attached hydrogens (primary N) is 1. The summed E-state index contributed by atoms with van der Waals surface area (Å²) in [6.45, 7) is 0.843. The Kier molecular flexibility index (Phi) is 5.35.